The van der Waals surface area contributed by atoms with Gasteiger partial charge in [-0.1, -0.05) is 0 Å². The minimum atomic E-state index is -1.08. The maximum atomic E-state index is 12.0. The lowest BCUT2D eigenvalue weighted by Gasteiger charge is -2.27. The van der Waals surface area contributed by atoms with Crippen LogP contribution in [0, 0.1) is 5.41 Å². The molecule has 0 aromatic heterocycles. The standard InChI is InChI=1S/C13H14O4/c1-12(2,3)11(14)17-13-5-4-10(16-13)8-6-15-7-9(8)13/h4-5,7H,6H2,1-3H3. The molecule has 3 aliphatic heterocycles. The third-order valence-corrected chi connectivity index (χ3v) is 3.00. The minimum absolute atomic E-state index is 0.294. The number of ether oxygens (including phenoxy) is 3. The van der Waals surface area contributed by atoms with Gasteiger partial charge < -0.3 is 14.2 Å². The highest BCUT2D eigenvalue weighted by molar-refractivity contribution is 5.77. The van der Waals surface area contributed by atoms with E-state index in [2.05, 4.69) is 0 Å². The molecule has 3 rings (SSSR count). The minimum Gasteiger partial charge on any atom is -0.496 e. The van der Waals surface area contributed by atoms with Gasteiger partial charge in [-0.2, -0.15) is 0 Å². The molecule has 2 bridgehead atoms. The zero-order valence-electron chi connectivity index (χ0n) is 10.1. The quantitative estimate of drug-likeness (QED) is 0.651. The Kier molecular flexibility index (Phi) is 1.81. The number of carbonyl (C=O) groups excluding carboxylic acids is 1. The third kappa shape index (κ3) is 1.33. The molecule has 17 heavy (non-hydrogen) atoms. The zero-order chi connectivity index (χ0) is 12.3. The normalized spacial score (nSPS) is 28.8. The van der Waals surface area contributed by atoms with Crippen LogP contribution in [0.5, 0.6) is 0 Å². The SMILES string of the molecule is CC(C)(C)C(=O)OC12C=CC(=C3COC=C31)O2. The Hall–Kier alpha value is -1.71. The molecule has 0 radical (unpaired) electrons. The summed E-state index contributed by atoms with van der Waals surface area (Å²) in [4.78, 5) is 12.0. The van der Waals surface area contributed by atoms with E-state index in [0.717, 1.165) is 16.9 Å². The summed E-state index contributed by atoms with van der Waals surface area (Å²) in [5.41, 5.74) is 1.24. The fraction of sp³-hybridized carbons (Fsp3) is 0.462. The molecule has 1 unspecified atom stereocenters. The Labute approximate surface area is 99.5 Å². The van der Waals surface area contributed by atoms with Gasteiger partial charge in [0.15, 0.2) is 0 Å². The topological polar surface area (TPSA) is 44.8 Å². The van der Waals surface area contributed by atoms with Crippen molar-refractivity contribution >= 4 is 5.97 Å². The molecule has 4 nitrogen and oxygen atoms in total. The first kappa shape index (κ1) is 10.4. The molecule has 0 fully saturated rings. The maximum absolute atomic E-state index is 12.0. The first-order valence-corrected chi connectivity index (χ1v) is 5.60. The Morgan fingerprint density at radius 1 is 1.47 bits per heavy atom. The van der Waals surface area contributed by atoms with Gasteiger partial charge in [-0.15, -0.1) is 0 Å². The van der Waals surface area contributed by atoms with Crippen LogP contribution in [0.4, 0.5) is 0 Å². The summed E-state index contributed by atoms with van der Waals surface area (Å²) in [7, 11) is 0. The number of rotatable bonds is 1. The highest BCUT2D eigenvalue weighted by Gasteiger charge is 2.53. The van der Waals surface area contributed by atoms with Crippen LogP contribution in [0.1, 0.15) is 20.8 Å². The number of hydrogen-bond acceptors (Lipinski definition) is 4. The molecule has 0 N–H and O–H groups in total. The maximum Gasteiger partial charge on any atom is 0.315 e. The van der Waals surface area contributed by atoms with Crippen molar-refractivity contribution in [1.82, 2.24) is 0 Å². The van der Waals surface area contributed by atoms with Crippen molar-refractivity contribution in [3.8, 4) is 0 Å². The van der Waals surface area contributed by atoms with Crippen molar-refractivity contribution in [3.63, 3.8) is 0 Å². The fourth-order valence-electron chi connectivity index (χ4n) is 1.98. The van der Waals surface area contributed by atoms with Gasteiger partial charge in [0.05, 0.1) is 17.3 Å². The van der Waals surface area contributed by atoms with E-state index in [9.17, 15) is 4.79 Å². The summed E-state index contributed by atoms with van der Waals surface area (Å²) < 4.78 is 16.5. The summed E-state index contributed by atoms with van der Waals surface area (Å²) in [6.07, 6.45) is 5.20. The number of allylic oxidation sites excluding steroid dienone is 1. The first-order chi connectivity index (χ1) is 7.92. The van der Waals surface area contributed by atoms with Gasteiger partial charge in [0.2, 0.25) is 0 Å². The Bertz CT molecular complexity index is 490. The van der Waals surface area contributed by atoms with Crippen molar-refractivity contribution in [2.75, 3.05) is 6.61 Å². The molecule has 0 aromatic carbocycles. The lowest BCUT2D eigenvalue weighted by molar-refractivity contribution is -0.186. The van der Waals surface area contributed by atoms with E-state index in [4.69, 9.17) is 14.2 Å². The van der Waals surface area contributed by atoms with E-state index in [0.29, 0.717) is 6.61 Å². The molecule has 1 atom stereocenters. The lowest BCUT2D eigenvalue weighted by atomic mass is 9.95. The van der Waals surface area contributed by atoms with Crippen LogP contribution in [-0.4, -0.2) is 18.4 Å². The van der Waals surface area contributed by atoms with Crippen LogP contribution in [0.25, 0.3) is 0 Å². The van der Waals surface area contributed by atoms with Crippen LogP contribution in [0.3, 0.4) is 0 Å². The molecule has 0 saturated carbocycles. The Balaban J connectivity index is 1.91. The molecular weight excluding hydrogens is 220 g/mol. The summed E-state index contributed by atoms with van der Waals surface area (Å²) in [6, 6.07) is 0. The molecule has 3 aliphatic rings. The van der Waals surface area contributed by atoms with Gasteiger partial charge in [-0.3, -0.25) is 4.79 Å². The Morgan fingerprint density at radius 2 is 2.24 bits per heavy atom. The van der Waals surface area contributed by atoms with Crippen molar-refractivity contribution in [3.05, 3.63) is 35.3 Å². The van der Waals surface area contributed by atoms with E-state index in [1.165, 1.54) is 0 Å². The van der Waals surface area contributed by atoms with Crippen LogP contribution >= 0.6 is 0 Å². The second-order valence-electron chi connectivity index (χ2n) is 5.43. The summed E-state index contributed by atoms with van der Waals surface area (Å²) in [6.45, 7) is 5.93. The molecule has 0 spiro atoms. The largest absolute Gasteiger partial charge is 0.496 e. The smallest absolute Gasteiger partial charge is 0.315 e. The van der Waals surface area contributed by atoms with Gasteiger partial charge in [0.25, 0.3) is 0 Å². The molecular formula is C13H14O4. The highest BCUT2D eigenvalue weighted by Crippen LogP contribution is 2.49. The molecule has 3 heterocycles. The number of hydrogen-bond donors (Lipinski definition) is 0. The van der Waals surface area contributed by atoms with Gasteiger partial charge in [0.1, 0.15) is 12.4 Å². The van der Waals surface area contributed by atoms with E-state index >= 15 is 0 Å². The second kappa shape index (κ2) is 2.94. The van der Waals surface area contributed by atoms with Crippen molar-refractivity contribution < 1.29 is 19.0 Å². The summed E-state index contributed by atoms with van der Waals surface area (Å²) in [5.74, 6) is -0.626. The molecule has 0 aromatic rings. The second-order valence-corrected chi connectivity index (χ2v) is 5.43. The van der Waals surface area contributed by atoms with Crippen LogP contribution in [-0.2, 0) is 19.0 Å². The predicted molar refractivity (Wildman–Crippen MR) is 59.6 cm³/mol. The molecule has 0 amide bonds. The number of fused-ring (bicyclic) bond motifs is 4. The lowest BCUT2D eigenvalue weighted by Crippen LogP contribution is -2.37. The average Bonchev–Trinajstić information content (AvgIpc) is 2.85. The predicted octanol–water partition coefficient (Wildman–Crippen LogP) is 2.04. The molecule has 4 heteroatoms. The van der Waals surface area contributed by atoms with Crippen molar-refractivity contribution in [1.29, 1.82) is 0 Å². The monoisotopic (exact) mass is 234 g/mol. The van der Waals surface area contributed by atoms with Gasteiger partial charge in [-0.25, -0.2) is 0 Å². The molecule has 90 valence electrons. The van der Waals surface area contributed by atoms with Crippen LogP contribution in [0.15, 0.2) is 35.3 Å². The van der Waals surface area contributed by atoms with Gasteiger partial charge >= 0.3 is 11.8 Å². The molecule has 0 aliphatic carbocycles. The third-order valence-electron chi connectivity index (χ3n) is 3.00. The fourth-order valence-corrected chi connectivity index (χ4v) is 1.98. The van der Waals surface area contributed by atoms with E-state index in [-0.39, 0.29) is 5.97 Å². The molecule has 0 saturated heterocycles. The van der Waals surface area contributed by atoms with E-state index in [1.54, 1.807) is 12.3 Å². The van der Waals surface area contributed by atoms with E-state index in [1.807, 2.05) is 26.8 Å². The van der Waals surface area contributed by atoms with Crippen LogP contribution in [0.2, 0.25) is 0 Å². The first-order valence-electron chi connectivity index (χ1n) is 5.60. The van der Waals surface area contributed by atoms with Crippen molar-refractivity contribution in [2.45, 2.75) is 26.6 Å². The Morgan fingerprint density at radius 3 is 2.94 bits per heavy atom. The van der Waals surface area contributed by atoms with Crippen LogP contribution < -0.4 is 0 Å². The summed E-state index contributed by atoms with van der Waals surface area (Å²) >= 11 is 0. The van der Waals surface area contributed by atoms with E-state index < -0.39 is 11.2 Å². The average molecular weight is 234 g/mol. The van der Waals surface area contributed by atoms with Crippen molar-refractivity contribution in [2.24, 2.45) is 5.41 Å². The number of esters is 1. The van der Waals surface area contributed by atoms with Gasteiger partial charge in [0, 0.05) is 11.6 Å². The highest BCUT2D eigenvalue weighted by atomic mass is 16.7. The zero-order valence-corrected chi connectivity index (χ0v) is 10.1. The van der Waals surface area contributed by atoms with Gasteiger partial charge in [-0.05, 0) is 26.8 Å². The number of carbonyl (C=O) groups is 1. The summed E-state index contributed by atoms with van der Waals surface area (Å²) in [5, 5.41) is 0.